The van der Waals surface area contributed by atoms with E-state index in [9.17, 15) is 4.79 Å². The van der Waals surface area contributed by atoms with E-state index in [2.05, 4.69) is 54.0 Å². The molecule has 0 saturated heterocycles. The van der Waals surface area contributed by atoms with Gasteiger partial charge in [0.2, 0.25) is 0 Å². The fourth-order valence-electron chi connectivity index (χ4n) is 2.46. The largest absolute Gasteiger partial charge is 0.376 e. The van der Waals surface area contributed by atoms with E-state index in [1.165, 1.54) is 5.56 Å². The summed E-state index contributed by atoms with van der Waals surface area (Å²) in [5.74, 6) is 0.344. The molecule has 1 amide bonds. The van der Waals surface area contributed by atoms with Crippen molar-refractivity contribution in [2.45, 2.75) is 33.6 Å². The molecule has 26 heavy (non-hydrogen) atoms. The summed E-state index contributed by atoms with van der Waals surface area (Å²) in [5.41, 5.74) is 8.01. The molecule has 0 heterocycles. The van der Waals surface area contributed by atoms with Crippen molar-refractivity contribution in [2.75, 3.05) is 11.9 Å². The van der Waals surface area contributed by atoms with Gasteiger partial charge in [-0.3, -0.25) is 4.79 Å². The topological polar surface area (TPSA) is 53.5 Å². The standard InChI is InChI=1S/C22H27N3O/c1-16(2)20-10-8-19(9-11-20)12-18(4)14-24-25-22(26)15-23-21-7-5-6-17(3)13-21/h5-14,16,23H,15H2,1-4H3,(H,25,26)/b18-12+,24-14-. The van der Waals surface area contributed by atoms with Gasteiger partial charge in [0.25, 0.3) is 5.91 Å². The molecule has 0 atom stereocenters. The van der Waals surface area contributed by atoms with Crippen LogP contribution in [0.3, 0.4) is 0 Å². The predicted octanol–water partition coefficient (Wildman–Crippen LogP) is 4.74. The molecule has 0 bridgehead atoms. The molecule has 0 fully saturated rings. The van der Waals surface area contributed by atoms with Crippen molar-refractivity contribution in [3.05, 3.63) is 70.8 Å². The zero-order valence-corrected chi connectivity index (χ0v) is 15.9. The van der Waals surface area contributed by atoms with E-state index in [4.69, 9.17) is 0 Å². The van der Waals surface area contributed by atoms with Crippen LogP contribution in [-0.4, -0.2) is 18.7 Å². The molecule has 0 radical (unpaired) electrons. The number of nitrogens with zero attached hydrogens (tertiary/aromatic N) is 1. The van der Waals surface area contributed by atoms with E-state index < -0.39 is 0 Å². The molecule has 2 aromatic carbocycles. The molecule has 2 rings (SSSR count). The Labute approximate surface area is 156 Å². The van der Waals surface area contributed by atoms with E-state index in [1.54, 1.807) is 6.21 Å². The minimum Gasteiger partial charge on any atom is -0.376 e. The molecule has 2 aromatic rings. The van der Waals surface area contributed by atoms with Crippen LogP contribution in [-0.2, 0) is 4.79 Å². The van der Waals surface area contributed by atoms with Gasteiger partial charge in [-0.25, -0.2) is 5.43 Å². The zero-order chi connectivity index (χ0) is 18.9. The quantitative estimate of drug-likeness (QED) is 0.560. The number of aryl methyl sites for hydroxylation is 1. The van der Waals surface area contributed by atoms with E-state index in [0.717, 1.165) is 22.4 Å². The Morgan fingerprint density at radius 3 is 2.54 bits per heavy atom. The second-order valence-corrected chi connectivity index (χ2v) is 6.73. The minimum absolute atomic E-state index is 0.181. The van der Waals surface area contributed by atoms with Gasteiger partial charge >= 0.3 is 0 Å². The lowest BCUT2D eigenvalue weighted by Gasteiger charge is -2.06. The number of allylic oxidation sites excluding steroid dienone is 1. The Hall–Kier alpha value is -2.88. The van der Waals surface area contributed by atoms with Gasteiger partial charge < -0.3 is 5.32 Å². The van der Waals surface area contributed by atoms with E-state index >= 15 is 0 Å². The maximum atomic E-state index is 11.8. The molecule has 2 N–H and O–H groups in total. The van der Waals surface area contributed by atoms with Gasteiger partial charge in [-0.15, -0.1) is 0 Å². The van der Waals surface area contributed by atoms with E-state index in [1.807, 2.05) is 44.2 Å². The summed E-state index contributed by atoms with van der Waals surface area (Å²) >= 11 is 0. The molecule has 0 unspecified atom stereocenters. The Bertz CT molecular complexity index is 789. The summed E-state index contributed by atoms with van der Waals surface area (Å²) in [6.45, 7) is 8.51. The lowest BCUT2D eigenvalue weighted by molar-refractivity contribution is -0.119. The second kappa shape index (κ2) is 9.56. The van der Waals surface area contributed by atoms with Crippen LogP contribution in [0, 0.1) is 6.92 Å². The van der Waals surface area contributed by atoms with Gasteiger partial charge in [-0.05, 0) is 54.2 Å². The van der Waals surface area contributed by atoms with E-state index in [0.29, 0.717) is 5.92 Å². The molecule has 4 nitrogen and oxygen atoms in total. The average Bonchev–Trinajstić information content (AvgIpc) is 2.60. The Morgan fingerprint density at radius 1 is 1.15 bits per heavy atom. The molecular formula is C22H27N3O. The van der Waals surface area contributed by atoms with E-state index in [-0.39, 0.29) is 12.5 Å². The average molecular weight is 349 g/mol. The van der Waals surface area contributed by atoms with Crippen molar-refractivity contribution in [3.63, 3.8) is 0 Å². The van der Waals surface area contributed by atoms with Crippen LogP contribution in [0.1, 0.15) is 43.4 Å². The normalized spacial score (nSPS) is 11.8. The first-order valence-corrected chi connectivity index (χ1v) is 8.85. The SMILES string of the molecule is CC(/C=N\NC(=O)CNc1cccc(C)c1)=C\c1ccc(C(C)C)cc1. The summed E-state index contributed by atoms with van der Waals surface area (Å²) in [6.07, 6.45) is 3.69. The number of benzene rings is 2. The fraction of sp³-hybridized carbons (Fsp3) is 0.273. The van der Waals surface area contributed by atoms with Gasteiger partial charge in [0, 0.05) is 5.69 Å². The van der Waals surface area contributed by atoms with Gasteiger partial charge in [0.05, 0.1) is 12.8 Å². The van der Waals surface area contributed by atoms with Gasteiger partial charge in [-0.1, -0.05) is 56.3 Å². The number of hydrazone groups is 1. The summed E-state index contributed by atoms with van der Waals surface area (Å²) in [5, 5.41) is 7.09. The highest BCUT2D eigenvalue weighted by atomic mass is 16.2. The molecule has 0 spiro atoms. The number of hydrogen-bond acceptors (Lipinski definition) is 3. The molecular weight excluding hydrogens is 322 g/mol. The van der Waals surface area contributed by atoms with Gasteiger partial charge in [0.1, 0.15) is 0 Å². The Kier molecular flexibility index (Phi) is 7.15. The number of carbonyl (C=O) groups excluding carboxylic acids is 1. The lowest BCUT2D eigenvalue weighted by Crippen LogP contribution is -2.25. The summed E-state index contributed by atoms with van der Waals surface area (Å²) in [4.78, 5) is 11.8. The molecule has 0 aliphatic rings. The number of rotatable bonds is 7. The highest BCUT2D eigenvalue weighted by Crippen LogP contribution is 2.16. The Balaban J connectivity index is 1.81. The summed E-state index contributed by atoms with van der Waals surface area (Å²) in [7, 11) is 0. The number of nitrogens with one attached hydrogen (secondary N) is 2. The first kappa shape index (κ1) is 19.4. The Morgan fingerprint density at radius 2 is 1.88 bits per heavy atom. The number of carbonyl (C=O) groups is 1. The zero-order valence-electron chi connectivity index (χ0n) is 15.9. The summed E-state index contributed by atoms with van der Waals surface area (Å²) < 4.78 is 0. The number of amides is 1. The molecule has 0 aliphatic carbocycles. The maximum absolute atomic E-state index is 11.8. The molecule has 0 saturated carbocycles. The lowest BCUT2D eigenvalue weighted by atomic mass is 10.0. The number of anilines is 1. The second-order valence-electron chi connectivity index (χ2n) is 6.73. The molecule has 4 heteroatoms. The minimum atomic E-state index is -0.183. The third-order valence-electron chi connectivity index (χ3n) is 3.93. The van der Waals surface area contributed by atoms with Crippen molar-refractivity contribution in [1.29, 1.82) is 0 Å². The molecule has 0 aliphatic heterocycles. The monoisotopic (exact) mass is 349 g/mol. The van der Waals surface area contributed by atoms with Crippen molar-refractivity contribution < 1.29 is 4.79 Å². The third kappa shape index (κ3) is 6.55. The van der Waals surface area contributed by atoms with Crippen LogP contribution < -0.4 is 10.7 Å². The maximum Gasteiger partial charge on any atom is 0.259 e. The molecule has 136 valence electrons. The first-order chi connectivity index (χ1) is 12.4. The third-order valence-corrected chi connectivity index (χ3v) is 3.93. The van der Waals surface area contributed by atoms with Crippen LogP contribution in [0.5, 0.6) is 0 Å². The highest BCUT2D eigenvalue weighted by molar-refractivity contribution is 5.87. The highest BCUT2D eigenvalue weighted by Gasteiger charge is 2.00. The van der Waals surface area contributed by atoms with Gasteiger partial charge in [0.15, 0.2) is 0 Å². The van der Waals surface area contributed by atoms with Crippen LogP contribution >= 0.6 is 0 Å². The van der Waals surface area contributed by atoms with Gasteiger partial charge in [-0.2, -0.15) is 5.10 Å². The summed E-state index contributed by atoms with van der Waals surface area (Å²) in [6, 6.07) is 16.4. The fourth-order valence-corrected chi connectivity index (χ4v) is 2.46. The van der Waals surface area contributed by atoms with Crippen LogP contribution in [0.15, 0.2) is 59.2 Å². The van der Waals surface area contributed by atoms with Crippen molar-refractivity contribution in [3.8, 4) is 0 Å². The van der Waals surface area contributed by atoms with Crippen LogP contribution in [0.25, 0.3) is 6.08 Å². The smallest absolute Gasteiger partial charge is 0.259 e. The predicted molar refractivity (Wildman–Crippen MR) is 110 cm³/mol. The first-order valence-electron chi connectivity index (χ1n) is 8.85. The molecule has 0 aromatic heterocycles. The van der Waals surface area contributed by atoms with Crippen molar-refractivity contribution in [1.82, 2.24) is 5.43 Å². The number of hydrogen-bond donors (Lipinski definition) is 2. The van der Waals surface area contributed by atoms with Crippen LogP contribution in [0.4, 0.5) is 5.69 Å². The van der Waals surface area contributed by atoms with Crippen LogP contribution in [0.2, 0.25) is 0 Å². The van der Waals surface area contributed by atoms with Crippen molar-refractivity contribution in [2.24, 2.45) is 5.10 Å². The van der Waals surface area contributed by atoms with Crippen molar-refractivity contribution >= 4 is 23.9 Å².